The minimum atomic E-state index is -0.526. The maximum Gasteiger partial charge on any atom is 0.410 e. The summed E-state index contributed by atoms with van der Waals surface area (Å²) in [5.74, 6) is 0. The van der Waals surface area contributed by atoms with Crippen molar-refractivity contribution in [3.8, 4) is 0 Å². The van der Waals surface area contributed by atoms with Crippen molar-refractivity contribution >= 4 is 6.09 Å². The van der Waals surface area contributed by atoms with E-state index < -0.39 is 17.9 Å². The van der Waals surface area contributed by atoms with Crippen LogP contribution in [0.2, 0.25) is 0 Å². The summed E-state index contributed by atoms with van der Waals surface area (Å²) >= 11 is 0. The number of amides is 1. The lowest BCUT2D eigenvalue weighted by molar-refractivity contribution is 0.0325. The van der Waals surface area contributed by atoms with Gasteiger partial charge in [-0.25, -0.2) is 4.79 Å². The average Bonchev–Trinajstić information content (AvgIpc) is 2.35. The Kier molecular flexibility index (Phi) is 6.10. The van der Waals surface area contributed by atoms with Crippen molar-refractivity contribution in [3.63, 3.8) is 0 Å². The Morgan fingerprint density at radius 1 is 1.30 bits per heavy atom. The van der Waals surface area contributed by atoms with Crippen molar-refractivity contribution < 1.29 is 14.3 Å². The lowest BCUT2D eigenvalue weighted by atomic mass is 10.1. The lowest BCUT2D eigenvalue weighted by Gasteiger charge is -2.23. The molecule has 0 fully saturated rings. The van der Waals surface area contributed by atoms with Crippen LogP contribution < -0.4 is 5.32 Å². The molecule has 1 atom stereocenters. The van der Waals surface area contributed by atoms with Crippen LogP contribution in [-0.2, 0) is 15.9 Å². The fraction of sp³-hybridized carbons (Fsp3) is 0.438. The minimum Gasteiger partial charge on any atom is -0.478 e. The molecule has 0 aliphatic carbocycles. The van der Waals surface area contributed by atoms with E-state index in [0.717, 1.165) is 5.56 Å². The van der Waals surface area contributed by atoms with Crippen molar-refractivity contribution in [2.24, 2.45) is 0 Å². The average molecular weight is 277 g/mol. The molecule has 0 heterocycles. The third-order valence-corrected chi connectivity index (χ3v) is 2.32. The highest BCUT2D eigenvalue weighted by Crippen LogP contribution is 2.09. The fourth-order valence-electron chi connectivity index (χ4n) is 1.57. The van der Waals surface area contributed by atoms with Gasteiger partial charge in [-0.2, -0.15) is 0 Å². The van der Waals surface area contributed by atoms with Crippen molar-refractivity contribution in [2.45, 2.75) is 45.9 Å². The van der Waals surface area contributed by atoms with Crippen LogP contribution in [0.4, 0.5) is 4.79 Å². The van der Waals surface area contributed by atoms with Gasteiger partial charge in [0.05, 0.1) is 6.26 Å². The molecule has 110 valence electrons. The number of hydrogen-bond acceptors (Lipinski definition) is 3. The highest BCUT2D eigenvalue weighted by Gasteiger charge is 2.19. The molecule has 0 aromatic heterocycles. The summed E-state index contributed by atoms with van der Waals surface area (Å²) < 4.78 is 10.7. The van der Waals surface area contributed by atoms with E-state index in [-0.39, 0.29) is 0 Å². The molecule has 0 bridgehead atoms. The van der Waals surface area contributed by atoms with E-state index in [9.17, 15) is 4.79 Å². The van der Waals surface area contributed by atoms with Gasteiger partial charge in [-0.05, 0) is 33.3 Å². The van der Waals surface area contributed by atoms with Crippen molar-refractivity contribution in [3.05, 3.63) is 48.2 Å². The first-order valence-corrected chi connectivity index (χ1v) is 6.71. The summed E-state index contributed by atoms with van der Waals surface area (Å²) in [6.07, 6.45) is 2.97. The zero-order chi connectivity index (χ0) is 15.0. The molecule has 4 nitrogen and oxygen atoms in total. The summed E-state index contributed by atoms with van der Waals surface area (Å²) in [7, 11) is 0. The number of benzene rings is 1. The van der Waals surface area contributed by atoms with Crippen molar-refractivity contribution in [2.75, 3.05) is 0 Å². The van der Waals surface area contributed by atoms with Gasteiger partial charge in [-0.15, -0.1) is 0 Å². The summed E-state index contributed by atoms with van der Waals surface area (Å²) in [5.41, 5.74) is 0.556. The number of alkyl carbamates (subject to hydrolysis) is 1. The molecule has 4 heteroatoms. The smallest absolute Gasteiger partial charge is 0.410 e. The molecule has 0 aliphatic heterocycles. The van der Waals surface area contributed by atoms with Crippen molar-refractivity contribution in [1.82, 2.24) is 5.32 Å². The monoisotopic (exact) mass is 277 g/mol. The second-order valence-electron chi connectivity index (χ2n) is 5.43. The quantitative estimate of drug-likeness (QED) is 0.660. The summed E-state index contributed by atoms with van der Waals surface area (Å²) in [4.78, 5) is 11.8. The molecule has 1 N–H and O–H groups in total. The number of allylic oxidation sites excluding steroid dienone is 1. The molecule has 1 aromatic carbocycles. The van der Waals surface area contributed by atoms with E-state index in [1.165, 1.54) is 0 Å². The Morgan fingerprint density at radius 3 is 2.50 bits per heavy atom. The molecular weight excluding hydrogens is 254 g/mol. The molecule has 0 unspecified atom stereocenters. The second kappa shape index (κ2) is 7.58. The number of nitrogens with one attached hydrogen (secondary N) is 1. The Labute approximate surface area is 120 Å². The molecule has 0 spiro atoms. The van der Waals surface area contributed by atoms with Crippen molar-refractivity contribution in [1.29, 1.82) is 0 Å². The number of rotatable bonds is 5. The topological polar surface area (TPSA) is 47.6 Å². The number of hydrogen-bond donors (Lipinski definition) is 1. The molecule has 0 radical (unpaired) electrons. The second-order valence-corrected chi connectivity index (χ2v) is 5.43. The van der Waals surface area contributed by atoms with E-state index in [2.05, 4.69) is 5.32 Å². The first-order chi connectivity index (χ1) is 9.40. The molecule has 1 rings (SSSR count). The Balaban J connectivity index is 2.62. The maximum absolute atomic E-state index is 11.8. The fourth-order valence-corrected chi connectivity index (χ4v) is 1.57. The summed E-state index contributed by atoms with van der Waals surface area (Å²) in [6, 6.07) is 9.84. The van der Waals surface area contributed by atoms with Crippen LogP contribution in [0.5, 0.6) is 0 Å². The molecule has 20 heavy (non-hydrogen) atoms. The third-order valence-electron chi connectivity index (χ3n) is 2.32. The van der Waals surface area contributed by atoms with Gasteiger partial charge in [0.15, 0.2) is 6.23 Å². The number of carbonyl (C=O) groups excluding carboxylic acids is 1. The predicted molar refractivity (Wildman–Crippen MR) is 79.2 cm³/mol. The van der Waals surface area contributed by atoms with Crippen LogP contribution in [0.3, 0.4) is 0 Å². The molecular formula is C16H23NO3. The van der Waals surface area contributed by atoms with Crippen LogP contribution in [0.1, 0.15) is 33.3 Å². The van der Waals surface area contributed by atoms with Gasteiger partial charge in [0.2, 0.25) is 0 Å². The Hall–Kier alpha value is -1.97. The molecule has 0 saturated heterocycles. The standard InChI is InChI=1S/C16H23NO3/c1-5-11-19-14(12-13-9-7-6-8-10-13)17-15(18)20-16(2,3)4/h5-11,14H,12H2,1-4H3,(H,17,18)/b11-5-/t14-/m0/s1. The normalized spacial score (nSPS) is 13.0. The zero-order valence-electron chi connectivity index (χ0n) is 12.6. The highest BCUT2D eigenvalue weighted by atomic mass is 16.6. The van der Waals surface area contributed by atoms with Crippen LogP contribution >= 0.6 is 0 Å². The molecule has 1 aromatic rings. The highest BCUT2D eigenvalue weighted by molar-refractivity contribution is 5.67. The Bertz CT molecular complexity index is 435. The molecule has 0 aliphatic rings. The van der Waals surface area contributed by atoms with Crippen LogP contribution in [0.25, 0.3) is 0 Å². The summed E-state index contributed by atoms with van der Waals surface area (Å²) in [5, 5.41) is 2.72. The predicted octanol–water partition coefficient (Wildman–Crippen LogP) is 3.63. The van der Waals surface area contributed by atoms with E-state index >= 15 is 0 Å². The minimum absolute atomic E-state index is 0.455. The molecule has 0 saturated carbocycles. The van der Waals surface area contributed by atoms with Gasteiger partial charge in [0.25, 0.3) is 0 Å². The Morgan fingerprint density at radius 2 is 1.95 bits per heavy atom. The van der Waals surface area contributed by atoms with E-state index in [0.29, 0.717) is 6.42 Å². The number of ether oxygens (including phenoxy) is 2. The van der Waals surface area contributed by atoms with E-state index in [4.69, 9.17) is 9.47 Å². The largest absolute Gasteiger partial charge is 0.478 e. The summed E-state index contributed by atoms with van der Waals surface area (Å²) in [6.45, 7) is 7.33. The third kappa shape index (κ3) is 6.83. The van der Waals surface area contributed by atoms with Crippen LogP contribution in [0, 0.1) is 0 Å². The molecule has 1 amide bonds. The zero-order valence-corrected chi connectivity index (χ0v) is 12.6. The van der Waals surface area contributed by atoms with Gasteiger partial charge < -0.3 is 9.47 Å². The first kappa shape index (κ1) is 16.1. The van der Waals surface area contributed by atoms with E-state index in [1.54, 1.807) is 12.3 Å². The van der Waals surface area contributed by atoms with Gasteiger partial charge in [0, 0.05) is 6.42 Å². The van der Waals surface area contributed by atoms with E-state index in [1.807, 2.05) is 58.0 Å². The van der Waals surface area contributed by atoms with Gasteiger partial charge in [0.1, 0.15) is 5.60 Å². The SMILES string of the molecule is C/C=C\O[C@@H](Cc1ccccc1)NC(=O)OC(C)(C)C. The van der Waals surface area contributed by atoms with Gasteiger partial charge in [-0.1, -0.05) is 36.4 Å². The van der Waals surface area contributed by atoms with Crippen LogP contribution in [-0.4, -0.2) is 17.9 Å². The van der Waals surface area contributed by atoms with Gasteiger partial charge >= 0.3 is 6.09 Å². The first-order valence-electron chi connectivity index (χ1n) is 6.71. The maximum atomic E-state index is 11.8. The van der Waals surface area contributed by atoms with Gasteiger partial charge in [-0.3, -0.25) is 5.32 Å². The van der Waals surface area contributed by atoms with Crippen LogP contribution in [0.15, 0.2) is 42.7 Å². The lowest BCUT2D eigenvalue weighted by Crippen LogP contribution is -2.41. The number of carbonyl (C=O) groups is 1.